The molecule has 1 heteroatoms. The van der Waals surface area contributed by atoms with Gasteiger partial charge in [-0.15, -0.1) is 6.58 Å². The molecule has 0 saturated carbocycles. The van der Waals surface area contributed by atoms with E-state index in [-0.39, 0.29) is 0 Å². The Morgan fingerprint density at radius 2 is 1.21 bits per heavy atom. The van der Waals surface area contributed by atoms with Crippen LogP contribution >= 0.6 is 0 Å². The first-order valence-electron chi connectivity index (χ1n) is 5.89. The van der Waals surface area contributed by atoms with Crippen molar-refractivity contribution in [3.8, 4) is 0 Å². The molecule has 0 aromatic carbocycles. The van der Waals surface area contributed by atoms with Crippen LogP contribution in [0.25, 0.3) is 0 Å². The number of allylic oxidation sites excluding steroid dienone is 1. The second kappa shape index (κ2) is 5.15. The first-order valence-corrected chi connectivity index (χ1v) is 8.33. The summed E-state index contributed by atoms with van der Waals surface area (Å²) in [6.45, 7) is 20.8. The molecular weight excluding hydrogens is 184 g/mol. The summed E-state index contributed by atoms with van der Waals surface area (Å²) in [6.07, 6.45) is 0. The SMILES string of the molecule is C=C(C)C[Si](C(C)C)(C(C)C)C(C)C. The van der Waals surface area contributed by atoms with Gasteiger partial charge in [0.25, 0.3) is 0 Å². The lowest BCUT2D eigenvalue weighted by Gasteiger charge is -2.43. The lowest BCUT2D eigenvalue weighted by atomic mass is 10.4. The van der Waals surface area contributed by atoms with Gasteiger partial charge in [-0.3, -0.25) is 0 Å². The molecule has 0 saturated heterocycles. The molecule has 0 aliphatic carbocycles. The topological polar surface area (TPSA) is 0 Å². The summed E-state index contributed by atoms with van der Waals surface area (Å²) in [5.74, 6) is 0. The van der Waals surface area contributed by atoms with Crippen LogP contribution in [-0.4, -0.2) is 8.07 Å². The molecule has 0 amide bonds. The monoisotopic (exact) mass is 212 g/mol. The third kappa shape index (κ3) is 2.72. The summed E-state index contributed by atoms with van der Waals surface area (Å²) >= 11 is 0. The van der Waals surface area contributed by atoms with E-state index >= 15 is 0 Å². The van der Waals surface area contributed by atoms with Gasteiger partial charge in [-0.2, -0.15) is 0 Å². The van der Waals surface area contributed by atoms with Gasteiger partial charge in [0.15, 0.2) is 0 Å². The van der Waals surface area contributed by atoms with Crippen LogP contribution in [0.5, 0.6) is 0 Å². The highest BCUT2D eigenvalue weighted by atomic mass is 28.3. The Bertz CT molecular complexity index is 168. The van der Waals surface area contributed by atoms with E-state index in [1.807, 2.05) is 0 Å². The zero-order valence-electron chi connectivity index (χ0n) is 11.1. The highest BCUT2D eigenvalue weighted by molar-refractivity contribution is 6.84. The fraction of sp³-hybridized carbons (Fsp3) is 0.846. The van der Waals surface area contributed by atoms with Gasteiger partial charge in [0.1, 0.15) is 0 Å². The molecule has 84 valence electrons. The van der Waals surface area contributed by atoms with E-state index in [0.717, 1.165) is 16.6 Å². The standard InChI is InChI=1S/C13H28Si/c1-10(2)9-14(11(3)4,12(5)6)13(7)8/h11-13H,1,9H2,2-8H3. The summed E-state index contributed by atoms with van der Waals surface area (Å²) in [4.78, 5) is 0. The van der Waals surface area contributed by atoms with E-state index in [1.54, 1.807) is 0 Å². The molecule has 0 heterocycles. The van der Waals surface area contributed by atoms with Gasteiger partial charge >= 0.3 is 0 Å². The van der Waals surface area contributed by atoms with Gasteiger partial charge in [-0.1, -0.05) is 63.7 Å². The van der Waals surface area contributed by atoms with Gasteiger partial charge in [0.2, 0.25) is 0 Å². The number of hydrogen-bond acceptors (Lipinski definition) is 0. The Hall–Kier alpha value is -0.0431. The molecular formula is C13H28Si. The maximum absolute atomic E-state index is 4.12. The normalized spacial score (nSPS) is 13.0. The van der Waals surface area contributed by atoms with Crippen LogP contribution in [0, 0.1) is 0 Å². The molecule has 0 bridgehead atoms. The van der Waals surface area contributed by atoms with E-state index in [0.29, 0.717) is 0 Å². The second-order valence-corrected chi connectivity index (χ2v) is 11.8. The Morgan fingerprint density at radius 3 is 1.29 bits per heavy atom. The first-order chi connectivity index (χ1) is 6.25. The minimum absolute atomic E-state index is 0.860. The highest BCUT2D eigenvalue weighted by Crippen LogP contribution is 2.45. The summed E-state index contributed by atoms with van der Waals surface area (Å²) in [6, 6.07) is 1.31. The van der Waals surface area contributed by atoms with Crippen molar-refractivity contribution in [2.45, 2.75) is 71.1 Å². The summed E-state index contributed by atoms with van der Waals surface area (Å²) in [5, 5.41) is 0. The average Bonchev–Trinajstić information content (AvgIpc) is 1.97. The second-order valence-electron chi connectivity index (χ2n) is 5.71. The van der Waals surface area contributed by atoms with E-state index in [9.17, 15) is 0 Å². The van der Waals surface area contributed by atoms with Gasteiger partial charge in [0.05, 0.1) is 8.07 Å². The van der Waals surface area contributed by atoms with Crippen LogP contribution in [0.4, 0.5) is 0 Å². The fourth-order valence-corrected chi connectivity index (χ4v) is 9.41. The van der Waals surface area contributed by atoms with Crippen molar-refractivity contribution in [1.82, 2.24) is 0 Å². The van der Waals surface area contributed by atoms with Gasteiger partial charge in [-0.05, 0) is 13.0 Å². The molecule has 0 unspecified atom stereocenters. The van der Waals surface area contributed by atoms with Crippen molar-refractivity contribution < 1.29 is 0 Å². The Balaban J connectivity index is 5.05. The fourth-order valence-electron chi connectivity index (χ4n) is 3.14. The van der Waals surface area contributed by atoms with Crippen molar-refractivity contribution in [2.75, 3.05) is 0 Å². The summed E-state index contributed by atoms with van der Waals surface area (Å²) in [7, 11) is -1.19. The Kier molecular flexibility index (Phi) is 5.14. The van der Waals surface area contributed by atoms with Crippen LogP contribution in [0.2, 0.25) is 22.7 Å². The maximum atomic E-state index is 4.12. The van der Waals surface area contributed by atoms with Crippen molar-refractivity contribution in [3.63, 3.8) is 0 Å². The van der Waals surface area contributed by atoms with Crippen molar-refractivity contribution >= 4 is 8.07 Å². The largest absolute Gasteiger partial charge is 0.100 e. The molecule has 0 rings (SSSR count). The predicted octanol–water partition coefficient (Wildman–Crippen LogP) is 5.24. The highest BCUT2D eigenvalue weighted by Gasteiger charge is 2.41. The molecule has 14 heavy (non-hydrogen) atoms. The van der Waals surface area contributed by atoms with E-state index < -0.39 is 8.07 Å². The van der Waals surface area contributed by atoms with E-state index in [1.165, 1.54) is 11.6 Å². The summed E-state index contributed by atoms with van der Waals surface area (Å²) < 4.78 is 0. The minimum atomic E-state index is -1.19. The van der Waals surface area contributed by atoms with Gasteiger partial charge < -0.3 is 0 Å². The minimum Gasteiger partial charge on any atom is -0.100 e. The maximum Gasteiger partial charge on any atom is 0.0652 e. The molecule has 0 radical (unpaired) electrons. The summed E-state index contributed by atoms with van der Waals surface area (Å²) in [5.41, 5.74) is 3.96. The molecule has 0 aliphatic rings. The lowest BCUT2D eigenvalue weighted by molar-refractivity contribution is 0.806. The van der Waals surface area contributed by atoms with Crippen LogP contribution in [0.1, 0.15) is 48.5 Å². The molecule has 0 fully saturated rings. The lowest BCUT2D eigenvalue weighted by Crippen LogP contribution is -2.44. The molecule has 0 atom stereocenters. The quantitative estimate of drug-likeness (QED) is 0.432. The molecule has 0 nitrogen and oxygen atoms in total. The smallest absolute Gasteiger partial charge is 0.0652 e. The van der Waals surface area contributed by atoms with E-state index in [4.69, 9.17) is 0 Å². The molecule has 0 spiro atoms. The van der Waals surface area contributed by atoms with Gasteiger partial charge in [0, 0.05) is 0 Å². The number of rotatable bonds is 5. The van der Waals surface area contributed by atoms with E-state index in [2.05, 4.69) is 55.0 Å². The molecule has 0 aromatic rings. The van der Waals surface area contributed by atoms with Crippen molar-refractivity contribution in [2.24, 2.45) is 0 Å². The molecule has 0 aliphatic heterocycles. The van der Waals surface area contributed by atoms with Crippen molar-refractivity contribution in [3.05, 3.63) is 12.2 Å². The predicted molar refractivity (Wildman–Crippen MR) is 70.7 cm³/mol. The third-order valence-corrected chi connectivity index (χ3v) is 11.5. The Labute approximate surface area is 91.8 Å². The molecule has 0 N–H and O–H groups in total. The molecule has 0 aromatic heterocycles. The number of hydrogen-bond donors (Lipinski definition) is 0. The van der Waals surface area contributed by atoms with Crippen LogP contribution in [-0.2, 0) is 0 Å². The first kappa shape index (κ1) is 14.0. The van der Waals surface area contributed by atoms with Gasteiger partial charge in [-0.25, -0.2) is 0 Å². The van der Waals surface area contributed by atoms with Crippen LogP contribution in [0.3, 0.4) is 0 Å². The zero-order chi connectivity index (χ0) is 11.5. The van der Waals surface area contributed by atoms with Crippen LogP contribution < -0.4 is 0 Å². The average molecular weight is 212 g/mol. The van der Waals surface area contributed by atoms with Crippen LogP contribution in [0.15, 0.2) is 12.2 Å². The van der Waals surface area contributed by atoms with Crippen molar-refractivity contribution in [1.29, 1.82) is 0 Å². The zero-order valence-corrected chi connectivity index (χ0v) is 12.1. The third-order valence-electron chi connectivity index (χ3n) is 3.83. The Morgan fingerprint density at radius 1 is 0.929 bits per heavy atom.